The fourth-order valence-electron chi connectivity index (χ4n) is 3.05. The topological polar surface area (TPSA) is 81.4 Å². The number of carbonyl (C=O) groups excluding carboxylic acids is 2. The molecule has 0 saturated carbocycles. The van der Waals surface area contributed by atoms with E-state index in [9.17, 15) is 9.59 Å². The molecule has 0 aliphatic heterocycles. The average molecular weight is 420 g/mol. The maximum atomic E-state index is 12.7. The van der Waals surface area contributed by atoms with Crippen LogP contribution in [0.2, 0.25) is 0 Å². The Morgan fingerprint density at radius 1 is 1.03 bits per heavy atom. The summed E-state index contributed by atoms with van der Waals surface area (Å²) in [4.78, 5) is 29.7. The molecular formula is C23H20N2O4S. The molecule has 0 saturated heterocycles. The Labute approximate surface area is 177 Å². The standard InChI is InChI=1S/C23H20N2O4S/c26-22(19-10-6-13-28-19)25-18(15-16-7-2-1-3-8-16)23(27)29-14-12-21-24-17-9-4-5-11-20(17)30-21/h1-11,13,18H,12,14-15H2,(H,25,26). The van der Waals surface area contributed by atoms with Gasteiger partial charge in [-0.25, -0.2) is 9.78 Å². The maximum Gasteiger partial charge on any atom is 0.329 e. The van der Waals surface area contributed by atoms with Gasteiger partial charge in [-0.15, -0.1) is 11.3 Å². The van der Waals surface area contributed by atoms with Crippen LogP contribution in [0.5, 0.6) is 0 Å². The van der Waals surface area contributed by atoms with Gasteiger partial charge in [0.05, 0.1) is 28.1 Å². The molecule has 1 atom stereocenters. The Hall–Kier alpha value is -3.45. The molecule has 4 aromatic rings. The molecule has 0 aliphatic rings. The van der Waals surface area contributed by atoms with Gasteiger partial charge in [0.2, 0.25) is 0 Å². The van der Waals surface area contributed by atoms with Crippen LogP contribution in [-0.2, 0) is 22.4 Å². The number of aromatic nitrogens is 1. The minimum Gasteiger partial charge on any atom is -0.464 e. The molecule has 0 aliphatic carbocycles. The number of carbonyl (C=O) groups is 2. The summed E-state index contributed by atoms with van der Waals surface area (Å²) >= 11 is 1.58. The fraction of sp³-hybridized carbons (Fsp3) is 0.174. The first-order valence-corrected chi connectivity index (χ1v) is 10.4. The van der Waals surface area contributed by atoms with E-state index in [0.29, 0.717) is 12.8 Å². The van der Waals surface area contributed by atoms with Gasteiger partial charge < -0.3 is 14.5 Å². The molecule has 30 heavy (non-hydrogen) atoms. The Kier molecular flexibility index (Phi) is 6.20. The van der Waals surface area contributed by atoms with E-state index < -0.39 is 17.9 Å². The molecule has 0 bridgehead atoms. The molecule has 0 fully saturated rings. The van der Waals surface area contributed by atoms with Crippen molar-refractivity contribution in [1.82, 2.24) is 10.3 Å². The number of para-hydroxylation sites is 1. The number of furan rings is 1. The Bertz CT molecular complexity index is 1090. The van der Waals surface area contributed by atoms with Crippen LogP contribution in [0.4, 0.5) is 0 Å². The van der Waals surface area contributed by atoms with E-state index in [1.807, 2.05) is 54.6 Å². The highest BCUT2D eigenvalue weighted by molar-refractivity contribution is 7.18. The van der Waals surface area contributed by atoms with Gasteiger partial charge >= 0.3 is 5.97 Å². The van der Waals surface area contributed by atoms with Crippen LogP contribution in [0.1, 0.15) is 21.1 Å². The van der Waals surface area contributed by atoms with Gasteiger partial charge in [0.15, 0.2) is 5.76 Å². The van der Waals surface area contributed by atoms with Crippen molar-refractivity contribution in [1.29, 1.82) is 0 Å². The zero-order valence-corrected chi connectivity index (χ0v) is 16.9. The van der Waals surface area contributed by atoms with Gasteiger partial charge in [-0.05, 0) is 29.8 Å². The minimum atomic E-state index is -0.819. The quantitative estimate of drug-likeness (QED) is 0.436. The average Bonchev–Trinajstić information content (AvgIpc) is 3.43. The predicted octanol–water partition coefficient (Wildman–Crippen LogP) is 4.02. The lowest BCUT2D eigenvalue weighted by molar-refractivity contribution is -0.145. The second kappa shape index (κ2) is 9.37. The summed E-state index contributed by atoms with van der Waals surface area (Å²) in [5.41, 5.74) is 1.86. The van der Waals surface area contributed by atoms with Crippen LogP contribution in [0.15, 0.2) is 77.4 Å². The Balaban J connectivity index is 1.39. The number of hydrogen-bond acceptors (Lipinski definition) is 6. The van der Waals surface area contributed by atoms with Crippen LogP contribution >= 0.6 is 11.3 Å². The molecule has 7 heteroatoms. The lowest BCUT2D eigenvalue weighted by atomic mass is 10.1. The number of thiazole rings is 1. The first kappa shape index (κ1) is 19.8. The van der Waals surface area contributed by atoms with E-state index in [1.165, 1.54) is 6.26 Å². The van der Waals surface area contributed by atoms with Crippen molar-refractivity contribution in [3.8, 4) is 0 Å². The summed E-state index contributed by atoms with van der Waals surface area (Å²) in [6, 6.07) is 19.7. The third kappa shape index (κ3) is 4.93. The van der Waals surface area contributed by atoms with Crippen molar-refractivity contribution in [2.24, 2.45) is 0 Å². The van der Waals surface area contributed by atoms with Gasteiger partial charge in [0, 0.05) is 12.8 Å². The summed E-state index contributed by atoms with van der Waals surface area (Å²) in [5.74, 6) is -0.792. The van der Waals surface area contributed by atoms with Gasteiger partial charge in [-0.1, -0.05) is 42.5 Å². The van der Waals surface area contributed by atoms with Crippen molar-refractivity contribution >= 4 is 33.4 Å². The molecule has 0 spiro atoms. The van der Waals surface area contributed by atoms with Gasteiger partial charge in [0.1, 0.15) is 6.04 Å². The van der Waals surface area contributed by atoms with E-state index in [-0.39, 0.29) is 12.4 Å². The SMILES string of the molecule is O=C(NC(Cc1ccccc1)C(=O)OCCc1nc2ccccc2s1)c1ccco1. The van der Waals surface area contributed by atoms with Crippen LogP contribution in [0.3, 0.4) is 0 Å². The summed E-state index contributed by atoms with van der Waals surface area (Å²) in [5, 5.41) is 3.62. The molecule has 1 unspecified atom stereocenters. The zero-order chi connectivity index (χ0) is 20.8. The van der Waals surface area contributed by atoms with Crippen LogP contribution in [-0.4, -0.2) is 29.5 Å². The molecule has 1 amide bonds. The third-order valence-corrected chi connectivity index (χ3v) is 5.61. The van der Waals surface area contributed by atoms with Crippen molar-refractivity contribution < 1.29 is 18.7 Å². The van der Waals surface area contributed by atoms with Crippen molar-refractivity contribution in [3.05, 3.63) is 89.3 Å². The number of esters is 1. The summed E-state index contributed by atoms with van der Waals surface area (Å²) in [6.07, 6.45) is 2.26. The molecule has 152 valence electrons. The first-order chi connectivity index (χ1) is 14.7. The Morgan fingerprint density at radius 2 is 1.83 bits per heavy atom. The monoisotopic (exact) mass is 420 g/mol. The summed E-state index contributed by atoms with van der Waals surface area (Å²) < 4.78 is 11.7. The number of fused-ring (bicyclic) bond motifs is 1. The number of benzene rings is 2. The normalized spacial score (nSPS) is 11.9. The largest absolute Gasteiger partial charge is 0.464 e. The molecule has 4 rings (SSSR count). The van der Waals surface area contributed by atoms with Gasteiger partial charge in [0.25, 0.3) is 5.91 Å². The van der Waals surface area contributed by atoms with Gasteiger partial charge in [-0.3, -0.25) is 4.79 Å². The third-order valence-electron chi connectivity index (χ3n) is 4.52. The second-order valence-electron chi connectivity index (χ2n) is 6.69. The van der Waals surface area contributed by atoms with E-state index in [4.69, 9.17) is 9.15 Å². The number of nitrogens with zero attached hydrogens (tertiary/aromatic N) is 1. The minimum absolute atomic E-state index is 0.148. The van der Waals surface area contributed by atoms with Crippen molar-refractivity contribution in [2.75, 3.05) is 6.61 Å². The van der Waals surface area contributed by atoms with E-state index in [1.54, 1.807) is 23.5 Å². The van der Waals surface area contributed by atoms with Crippen LogP contribution in [0.25, 0.3) is 10.2 Å². The lowest BCUT2D eigenvalue weighted by Gasteiger charge is -2.17. The van der Waals surface area contributed by atoms with E-state index in [2.05, 4.69) is 10.3 Å². The summed E-state index contributed by atoms with van der Waals surface area (Å²) in [7, 11) is 0. The number of hydrogen-bond donors (Lipinski definition) is 1. The highest BCUT2D eigenvalue weighted by atomic mass is 32.1. The number of ether oxygens (including phenoxy) is 1. The maximum absolute atomic E-state index is 12.7. The lowest BCUT2D eigenvalue weighted by Crippen LogP contribution is -2.43. The number of rotatable bonds is 8. The fourth-order valence-corrected chi connectivity index (χ4v) is 3.99. The predicted molar refractivity (Wildman–Crippen MR) is 114 cm³/mol. The van der Waals surface area contributed by atoms with Gasteiger partial charge in [-0.2, -0.15) is 0 Å². The molecular weight excluding hydrogens is 400 g/mol. The molecule has 2 aromatic carbocycles. The molecule has 2 heterocycles. The molecule has 6 nitrogen and oxygen atoms in total. The smallest absolute Gasteiger partial charge is 0.329 e. The van der Waals surface area contributed by atoms with Crippen molar-refractivity contribution in [2.45, 2.75) is 18.9 Å². The van der Waals surface area contributed by atoms with Crippen LogP contribution < -0.4 is 5.32 Å². The first-order valence-electron chi connectivity index (χ1n) is 9.58. The van der Waals surface area contributed by atoms with Crippen LogP contribution in [0, 0.1) is 0 Å². The van der Waals surface area contributed by atoms with Crippen molar-refractivity contribution in [3.63, 3.8) is 0 Å². The Morgan fingerprint density at radius 3 is 2.60 bits per heavy atom. The van der Waals surface area contributed by atoms with E-state index >= 15 is 0 Å². The number of nitrogens with one attached hydrogen (secondary N) is 1. The molecule has 2 aromatic heterocycles. The molecule has 0 radical (unpaired) electrons. The molecule has 1 N–H and O–H groups in total. The summed E-state index contributed by atoms with van der Waals surface area (Å²) in [6.45, 7) is 0.195. The number of amides is 1. The highest BCUT2D eigenvalue weighted by Crippen LogP contribution is 2.21. The second-order valence-corrected chi connectivity index (χ2v) is 7.80. The zero-order valence-electron chi connectivity index (χ0n) is 16.1. The highest BCUT2D eigenvalue weighted by Gasteiger charge is 2.24. The van der Waals surface area contributed by atoms with E-state index in [0.717, 1.165) is 20.8 Å².